The molecular formula is C18H15N5O2S. The van der Waals surface area contributed by atoms with Gasteiger partial charge in [0.15, 0.2) is 5.82 Å². The molecule has 130 valence electrons. The van der Waals surface area contributed by atoms with Gasteiger partial charge in [-0.2, -0.15) is 0 Å². The number of hydrogen-bond acceptors (Lipinski definition) is 7. The summed E-state index contributed by atoms with van der Waals surface area (Å²) in [5.41, 5.74) is 1.76. The van der Waals surface area contributed by atoms with Crippen LogP contribution in [0, 0.1) is 0 Å². The van der Waals surface area contributed by atoms with Crippen LogP contribution in [0.2, 0.25) is 0 Å². The second-order valence-corrected chi connectivity index (χ2v) is 6.27. The van der Waals surface area contributed by atoms with Crippen molar-refractivity contribution in [3.63, 3.8) is 0 Å². The van der Waals surface area contributed by atoms with Crippen LogP contribution in [-0.2, 0) is 5.75 Å². The average molecular weight is 365 g/mol. The Morgan fingerprint density at radius 2 is 1.85 bits per heavy atom. The van der Waals surface area contributed by atoms with Crippen molar-refractivity contribution in [3.05, 3.63) is 60.5 Å². The minimum atomic E-state index is 0.489. The fourth-order valence-electron chi connectivity index (χ4n) is 2.41. The first-order chi connectivity index (χ1) is 12.8. The Morgan fingerprint density at radius 1 is 1.04 bits per heavy atom. The van der Waals surface area contributed by atoms with Crippen molar-refractivity contribution in [2.45, 2.75) is 10.9 Å². The molecule has 4 rings (SSSR count). The number of ether oxygens (including phenoxy) is 1. The van der Waals surface area contributed by atoms with Crippen LogP contribution in [0.15, 0.2) is 64.2 Å². The molecule has 0 amide bonds. The molecule has 0 aliphatic carbocycles. The molecular weight excluding hydrogens is 350 g/mol. The highest BCUT2D eigenvalue weighted by atomic mass is 32.2. The van der Waals surface area contributed by atoms with E-state index in [1.54, 1.807) is 7.11 Å². The maximum atomic E-state index is 5.69. The topological polar surface area (TPSA) is 89.7 Å². The van der Waals surface area contributed by atoms with Gasteiger partial charge in [-0.25, -0.2) is 4.98 Å². The van der Waals surface area contributed by atoms with E-state index in [1.165, 1.54) is 11.8 Å². The summed E-state index contributed by atoms with van der Waals surface area (Å²) < 4.78 is 11.0. The van der Waals surface area contributed by atoms with Crippen LogP contribution in [0.3, 0.4) is 0 Å². The average Bonchev–Trinajstić information content (AvgIpc) is 3.36. The third kappa shape index (κ3) is 3.45. The van der Waals surface area contributed by atoms with Crippen LogP contribution in [-0.4, -0.2) is 32.5 Å². The molecule has 8 heteroatoms. The molecule has 0 bridgehead atoms. The van der Waals surface area contributed by atoms with Gasteiger partial charge in [0.05, 0.1) is 18.4 Å². The Kier molecular flexibility index (Phi) is 4.65. The Balaban J connectivity index is 1.45. The molecule has 7 nitrogen and oxygen atoms in total. The molecule has 2 aromatic carbocycles. The Morgan fingerprint density at radius 3 is 2.69 bits per heavy atom. The standard InChI is InChI=1S/C18H15N5O2S/c1-24-14-10-6-5-9-13(14)16-19-18(23-21-16)26-11-15-20-22-17(25-15)12-7-3-2-4-8-12/h2-10H,11H2,1H3,(H,19,21,23). The number of methoxy groups -OCH3 is 1. The van der Waals surface area contributed by atoms with Crippen molar-refractivity contribution < 1.29 is 9.15 Å². The SMILES string of the molecule is COc1ccccc1-c1nc(SCc2nnc(-c3ccccc3)o2)n[nH]1. The normalized spacial score (nSPS) is 10.8. The van der Waals surface area contributed by atoms with E-state index < -0.39 is 0 Å². The lowest BCUT2D eigenvalue weighted by Crippen LogP contribution is -1.88. The summed E-state index contributed by atoms with van der Waals surface area (Å²) in [6.07, 6.45) is 0. The fraction of sp³-hybridized carbons (Fsp3) is 0.111. The van der Waals surface area contributed by atoms with Crippen molar-refractivity contribution in [1.82, 2.24) is 25.4 Å². The van der Waals surface area contributed by atoms with Gasteiger partial charge in [0.25, 0.3) is 0 Å². The molecule has 0 aliphatic heterocycles. The molecule has 0 aliphatic rings. The molecule has 0 radical (unpaired) electrons. The van der Waals surface area contributed by atoms with E-state index in [0.29, 0.717) is 28.5 Å². The van der Waals surface area contributed by atoms with Gasteiger partial charge in [0, 0.05) is 5.56 Å². The predicted molar refractivity (Wildman–Crippen MR) is 97.7 cm³/mol. The highest BCUT2D eigenvalue weighted by Crippen LogP contribution is 2.29. The quantitative estimate of drug-likeness (QED) is 0.519. The van der Waals surface area contributed by atoms with Gasteiger partial charge < -0.3 is 9.15 Å². The maximum absolute atomic E-state index is 5.69. The van der Waals surface area contributed by atoms with E-state index in [9.17, 15) is 0 Å². The monoisotopic (exact) mass is 365 g/mol. The van der Waals surface area contributed by atoms with Crippen LogP contribution < -0.4 is 4.74 Å². The number of hydrogen-bond donors (Lipinski definition) is 1. The molecule has 1 N–H and O–H groups in total. The van der Waals surface area contributed by atoms with Crippen LogP contribution in [0.4, 0.5) is 0 Å². The molecule has 26 heavy (non-hydrogen) atoms. The highest BCUT2D eigenvalue weighted by molar-refractivity contribution is 7.98. The van der Waals surface area contributed by atoms with Gasteiger partial charge in [-0.1, -0.05) is 42.1 Å². The molecule has 0 unspecified atom stereocenters. The third-order valence-corrected chi connectivity index (χ3v) is 4.47. The first-order valence-electron chi connectivity index (χ1n) is 7.90. The zero-order valence-corrected chi connectivity index (χ0v) is 14.7. The first kappa shape index (κ1) is 16.3. The number of nitrogens with one attached hydrogen (secondary N) is 1. The number of para-hydroxylation sites is 1. The van der Waals surface area contributed by atoms with E-state index in [4.69, 9.17) is 9.15 Å². The second-order valence-electron chi connectivity index (χ2n) is 5.32. The van der Waals surface area contributed by atoms with Crippen molar-refractivity contribution in [2.24, 2.45) is 0 Å². The molecule has 2 heterocycles. The molecule has 0 spiro atoms. The van der Waals surface area contributed by atoms with Gasteiger partial charge in [-0.05, 0) is 24.3 Å². The van der Waals surface area contributed by atoms with Crippen LogP contribution >= 0.6 is 11.8 Å². The molecule has 0 saturated heterocycles. The summed E-state index contributed by atoms with van der Waals surface area (Å²) >= 11 is 1.42. The van der Waals surface area contributed by atoms with Gasteiger partial charge in [-0.3, -0.25) is 5.10 Å². The lowest BCUT2D eigenvalue weighted by atomic mass is 10.2. The molecule has 0 saturated carbocycles. The Labute approximate surface area is 153 Å². The Hall–Kier alpha value is -3.13. The van der Waals surface area contributed by atoms with Crippen molar-refractivity contribution in [1.29, 1.82) is 0 Å². The van der Waals surface area contributed by atoms with E-state index in [0.717, 1.165) is 16.9 Å². The predicted octanol–water partition coefficient (Wildman–Crippen LogP) is 3.82. The molecule has 0 fully saturated rings. The van der Waals surface area contributed by atoms with Crippen molar-refractivity contribution in [2.75, 3.05) is 7.11 Å². The van der Waals surface area contributed by atoms with E-state index in [2.05, 4.69) is 25.4 Å². The van der Waals surface area contributed by atoms with Crippen molar-refractivity contribution in [3.8, 4) is 28.6 Å². The summed E-state index contributed by atoms with van der Waals surface area (Å²) in [6.45, 7) is 0. The third-order valence-electron chi connectivity index (χ3n) is 3.64. The molecule has 4 aromatic rings. The number of rotatable bonds is 6. The van der Waals surface area contributed by atoms with Gasteiger partial charge in [-0.15, -0.1) is 15.3 Å². The zero-order valence-electron chi connectivity index (χ0n) is 13.9. The smallest absolute Gasteiger partial charge is 0.247 e. The summed E-state index contributed by atoms with van der Waals surface area (Å²) in [4.78, 5) is 4.50. The summed E-state index contributed by atoms with van der Waals surface area (Å²) in [5.74, 6) is 2.91. The van der Waals surface area contributed by atoms with Gasteiger partial charge >= 0.3 is 0 Å². The lowest BCUT2D eigenvalue weighted by molar-refractivity contribution is 0.416. The summed E-state index contributed by atoms with van der Waals surface area (Å²) in [7, 11) is 1.63. The van der Waals surface area contributed by atoms with Crippen LogP contribution in [0.5, 0.6) is 5.75 Å². The number of aromatic nitrogens is 5. The minimum absolute atomic E-state index is 0.489. The van der Waals surface area contributed by atoms with E-state index in [1.807, 2.05) is 54.6 Å². The van der Waals surface area contributed by atoms with E-state index in [-0.39, 0.29) is 0 Å². The minimum Gasteiger partial charge on any atom is -0.496 e. The fourth-order valence-corrected chi connectivity index (χ4v) is 3.04. The highest BCUT2D eigenvalue weighted by Gasteiger charge is 2.13. The number of H-pyrrole nitrogens is 1. The molecule has 2 aromatic heterocycles. The first-order valence-corrected chi connectivity index (χ1v) is 8.88. The van der Waals surface area contributed by atoms with Crippen LogP contribution in [0.1, 0.15) is 5.89 Å². The largest absolute Gasteiger partial charge is 0.496 e. The lowest BCUT2D eigenvalue weighted by Gasteiger charge is -2.03. The zero-order chi connectivity index (χ0) is 17.8. The number of nitrogens with zero attached hydrogens (tertiary/aromatic N) is 4. The maximum Gasteiger partial charge on any atom is 0.247 e. The number of thioether (sulfide) groups is 1. The second kappa shape index (κ2) is 7.40. The molecule has 0 atom stereocenters. The van der Waals surface area contributed by atoms with Gasteiger partial charge in [0.2, 0.25) is 16.9 Å². The summed E-state index contributed by atoms with van der Waals surface area (Å²) in [6, 6.07) is 17.3. The van der Waals surface area contributed by atoms with Crippen LogP contribution in [0.25, 0.3) is 22.8 Å². The number of benzene rings is 2. The Bertz CT molecular complexity index is 1000. The van der Waals surface area contributed by atoms with Gasteiger partial charge in [0.1, 0.15) is 5.75 Å². The number of aromatic amines is 1. The van der Waals surface area contributed by atoms with E-state index >= 15 is 0 Å². The van der Waals surface area contributed by atoms with Crippen molar-refractivity contribution >= 4 is 11.8 Å². The summed E-state index contributed by atoms with van der Waals surface area (Å²) in [5, 5.41) is 15.9.